The Bertz CT molecular complexity index is 570. The lowest BCUT2D eigenvalue weighted by atomic mass is 10.2. The van der Waals surface area contributed by atoms with Crippen LogP contribution in [0.3, 0.4) is 0 Å². The molecule has 0 saturated carbocycles. The molecule has 17 heavy (non-hydrogen) atoms. The number of halogens is 1. The van der Waals surface area contributed by atoms with Crippen molar-refractivity contribution in [1.29, 1.82) is 5.26 Å². The first kappa shape index (κ1) is 11.1. The standard InChI is InChI=1S/C13H10FN3/c1-9-2-4-12(8-16-9)17-13-5-3-11(14)6-10(13)7-15/h2-6,8,17H,1H3. The smallest absolute Gasteiger partial charge is 0.124 e. The van der Waals surface area contributed by atoms with Crippen molar-refractivity contribution in [3.05, 3.63) is 53.6 Å². The minimum atomic E-state index is -0.422. The number of benzene rings is 1. The van der Waals surface area contributed by atoms with Gasteiger partial charge in [-0.05, 0) is 37.3 Å². The van der Waals surface area contributed by atoms with Crippen molar-refractivity contribution in [3.8, 4) is 6.07 Å². The Morgan fingerprint density at radius 3 is 2.76 bits per heavy atom. The highest BCUT2D eigenvalue weighted by atomic mass is 19.1. The predicted molar refractivity (Wildman–Crippen MR) is 63.4 cm³/mol. The maximum atomic E-state index is 12.9. The summed E-state index contributed by atoms with van der Waals surface area (Å²) in [5.41, 5.74) is 2.51. The van der Waals surface area contributed by atoms with E-state index in [1.54, 1.807) is 6.20 Å². The number of nitrogens with one attached hydrogen (secondary N) is 1. The Hall–Kier alpha value is -2.41. The summed E-state index contributed by atoms with van der Waals surface area (Å²) in [6.07, 6.45) is 1.67. The largest absolute Gasteiger partial charge is 0.353 e. The van der Waals surface area contributed by atoms with Gasteiger partial charge < -0.3 is 5.32 Å². The lowest BCUT2D eigenvalue weighted by molar-refractivity contribution is 0.627. The number of aryl methyl sites for hydroxylation is 1. The highest BCUT2D eigenvalue weighted by molar-refractivity contribution is 5.65. The minimum Gasteiger partial charge on any atom is -0.353 e. The number of pyridine rings is 1. The lowest BCUT2D eigenvalue weighted by Crippen LogP contribution is -1.95. The van der Waals surface area contributed by atoms with E-state index in [0.717, 1.165) is 11.4 Å². The van der Waals surface area contributed by atoms with Crippen molar-refractivity contribution in [2.75, 3.05) is 5.32 Å². The molecule has 1 N–H and O–H groups in total. The highest BCUT2D eigenvalue weighted by Crippen LogP contribution is 2.20. The number of nitrogens with zero attached hydrogens (tertiary/aromatic N) is 2. The van der Waals surface area contributed by atoms with Gasteiger partial charge in [0.05, 0.1) is 23.1 Å². The van der Waals surface area contributed by atoms with Gasteiger partial charge in [-0.2, -0.15) is 5.26 Å². The normalized spacial score (nSPS) is 9.71. The predicted octanol–water partition coefficient (Wildman–Crippen LogP) is 3.14. The molecule has 0 saturated heterocycles. The van der Waals surface area contributed by atoms with Gasteiger partial charge in [-0.3, -0.25) is 4.98 Å². The molecule has 0 aliphatic rings. The van der Waals surface area contributed by atoms with E-state index in [-0.39, 0.29) is 5.56 Å². The van der Waals surface area contributed by atoms with E-state index < -0.39 is 5.82 Å². The molecule has 0 fully saturated rings. The van der Waals surface area contributed by atoms with Crippen molar-refractivity contribution in [1.82, 2.24) is 4.98 Å². The zero-order valence-electron chi connectivity index (χ0n) is 9.24. The molecule has 3 nitrogen and oxygen atoms in total. The van der Waals surface area contributed by atoms with Gasteiger partial charge in [0, 0.05) is 5.69 Å². The van der Waals surface area contributed by atoms with Gasteiger partial charge in [0.15, 0.2) is 0 Å². The first-order chi connectivity index (χ1) is 8.19. The van der Waals surface area contributed by atoms with E-state index in [9.17, 15) is 4.39 Å². The summed E-state index contributed by atoms with van der Waals surface area (Å²) in [6.45, 7) is 1.89. The summed E-state index contributed by atoms with van der Waals surface area (Å²) in [6, 6.07) is 9.70. The van der Waals surface area contributed by atoms with Crippen molar-refractivity contribution < 1.29 is 4.39 Å². The quantitative estimate of drug-likeness (QED) is 0.857. The minimum absolute atomic E-state index is 0.269. The monoisotopic (exact) mass is 227 g/mol. The molecular formula is C13H10FN3. The van der Waals surface area contributed by atoms with E-state index in [2.05, 4.69) is 10.3 Å². The van der Waals surface area contributed by atoms with Gasteiger partial charge in [-0.25, -0.2) is 4.39 Å². The van der Waals surface area contributed by atoms with E-state index in [1.165, 1.54) is 18.2 Å². The van der Waals surface area contributed by atoms with Crippen molar-refractivity contribution in [3.63, 3.8) is 0 Å². The van der Waals surface area contributed by atoms with Gasteiger partial charge >= 0.3 is 0 Å². The van der Waals surface area contributed by atoms with Crippen LogP contribution in [0.2, 0.25) is 0 Å². The van der Waals surface area contributed by atoms with E-state index in [0.29, 0.717) is 5.69 Å². The average molecular weight is 227 g/mol. The van der Waals surface area contributed by atoms with E-state index in [1.807, 2.05) is 25.1 Å². The zero-order valence-corrected chi connectivity index (χ0v) is 9.24. The Morgan fingerprint density at radius 1 is 1.29 bits per heavy atom. The molecule has 0 radical (unpaired) electrons. The molecule has 1 aromatic heterocycles. The van der Waals surface area contributed by atoms with Crippen LogP contribution < -0.4 is 5.32 Å². The van der Waals surface area contributed by atoms with Crippen molar-refractivity contribution >= 4 is 11.4 Å². The van der Waals surface area contributed by atoms with Gasteiger partial charge in [0.25, 0.3) is 0 Å². The fourth-order valence-corrected chi connectivity index (χ4v) is 1.42. The second-order valence-electron chi connectivity index (χ2n) is 3.61. The van der Waals surface area contributed by atoms with Crippen LogP contribution in [0.25, 0.3) is 0 Å². The van der Waals surface area contributed by atoms with Crippen LogP contribution in [0.5, 0.6) is 0 Å². The van der Waals surface area contributed by atoms with Gasteiger partial charge in [0.2, 0.25) is 0 Å². The lowest BCUT2D eigenvalue weighted by Gasteiger charge is -2.07. The molecule has 0 unspecified atom stereocenters. The molecule has 2 rings (SSSR count). The average Bonchev–Trinajstić information content (AvgIpc) is 2.34. The molecule has 0 aliphatic carbocycles. The third-order valence-electron chi connectivity index (χ3n) is 2.29. The second kappa shape index (κ2) is 4.62. The summed E-state index contributed by atoms with van der Waals surface area (Å²) in [7, 11) is 0. The highest BCUT2D eigenvalue weighted by Gasteiger charge is 2.03. The van der Waals surface area contributed by atoms with E-state index in [4.69, 9.17) is 5.26 Å². The Labute approximate surface area is 98.5 Å². The summed E-state index contributed by atoms with van der Waals surface area (Å²) in [4.78, 5) is 4.13. The van der Waals surface area contributed by atoms with E-state index >= 15 is 0 Å². The fourth-order valence-electron chi connectivity index (χ4n) is 1.42. The summed E-state index contributed by atoms with van der Waals surface area (Å²) < 4.78 is 12.9. The third kappa shape index (κ3) is 2.58. The van der Waals surface area contributed by atoms with Gasteiger partial charge in [-0.1, -0.05) is 0 Å². The maximum Gasteiger partial charge on any atom is 0.124 e. The number of rotatable bonds is 2. The molecule has 0 spiro atoms. The number of nitriles is 1. The first-order valence-corrected chi connectivity index (χ1v) is 5.08. The van der Waals surface area contributed by atoms with Gasteiger partial charge in [0.1, 0.15) is 11.9 Å². The summed E-state index contributed by atoms with van der Waals surface area (Å²) in [5, 5.41) is 11.9. The first-order valence-electron chi connectivity index (χ1n) is 5.08. The van der Waals surface area contributed by atoms with Crippen molar-refractivity contribution in [2.45, 2.75) is 6.92 Å². The molecule has 0 bridgehead atoms. The molecule has 0 aliphatic heterocycles. The molecule has 2 aromatic rings. The Balaban J connectivity index is 2.30. The van der Waals surface area contributed by atoms with Crippen LogP contribution >= 0.6 is 0 Å². The number of anilines is 2. The van der Waals surface area contributed by atoms with Crippen LogP contribution in [0.15, 0.2) is 36.5 Å². The SMILES string of the molecule is Cc1ccc(Nc2ccc(F)cc2C#N)cn1. The fraction of sp³-hybridized carbons (Fsp3) is 0.0769. The topological polar surface area (TPSA) is 48.7 Å². The van der Waals surface area contributed by atoms with Crippen LogP contribution in [0.4, 0.5) is 15.8 Å². The molecular weight excluding hydrogens is 217 g/mol. The zero-order chi connectivity index (χ0) is 12.3. The maximum absolute atomic E-state index is 12.9. The molecule has 84 valence electrons. The molecule has 0 amide bonds. The number of aromatic nitrogens is 1. The van der Waals surface area contributed by atoms with Crippen LogP contribution in [-0.2, 0) is 0 Å². The number of hydrogen-bond donors (Lipinski definition) is 1. The summed E-state index contributed by atoms with van der Waals surface area (Å²) >= 11 is 0. The van der Waals surface area contributed by atoms with Gasteiger partial charge in [-0.15, -0.1) is 0 Å². The van der Waals surface area contributed by atoms with Crippen LogP contribution in [0, 0.1) is 24.1 Å². The molecule has 1 aromatic carbocycles. The second-order valence-corrected chi connectivity index (χ2v) is 3.61. The Morgan fingerprint density at radius 2 is 2.12 bits per heavy atom. The Kier molecular flexibility index (Phi) is 3.01. The summed E-state index contributed by atoms with van der Waals surface area (Å²) in [5.74, 6) is -0.422. The molecule has 0 atom stereocenters. The number of hydrogen-bond acceptors (Lipinski definition) is 3. The van der Waals surface area contributed by atoms with Crippen LogP contribution in [-0.4, -0.2) is 4.98 Å². The third-order valence-corrected chi connectivity index (χ3v) is 2.29. The van der Waals surface area contributed by atoms with Crippen LogP contribution in [0.1, 0.15) is 11.3 Å². The molecule has 4 heteroatoms. The molecule has 1 heterocycles. The van der Waals surface area contributed by atoms with Crippen molar-refractivity contribution in [2.24, 2.45) is 0 Å².